The molecule has 26 heavy (non-hydrogen) atoms. The Labute approximate surface area is 160 Å². The van der Waals surface area contributed by atoms with Crippen LogP contribution in [-0.4, -0.2) is 41.7 Å². The zero-order valence-electron chi connectivity index (χ0n) is 15.3. The molecule has 2 aromatic rings. The number of hydrogen-bond donors (Lipinski definition) is 1. The number of benzene rings is 1. The van der Waals surface area contributed by atoms with Gasteiger partial charge in [0, 0.05) is 30.6 Å². The fraction of sp³-hybridized carbons (Fsp3) is 0.368. The molecular weight excluding hydrogens is 402 g/mol. The van der Waals surface area contributed by atoms with Crippen molar-refractivity contribution in [1.29, 1.82) is 0 Å². The van der Waals surface area contributed by atoms with Gasteiger partial charge in [0.05, 0.1) is 11.1 Å². The molecule has 1 heterocycles. The minimum Gasteiger partial charge on any atom is -0.506 e. The van der Waals surface area contributed by atoms with Gasteiger partial charge in [-0.3, -0.25) is 4.79 Å². The SMILES string of the molecule is COCCn1c(C)cc(C(=O)COC(=O)c2cc(C)cc(Br)c2O)c1C. The highest BCUT2D eigenvalue weighted by Crippen LogP contribution is 2.29. The summed E-state index contributed by atoms with van der Waals surface area (Å²) in [5.74, 6) is -1.24. The molecule has 0 aliphatic carbocycles. The number of methoxy groups -OCH3 is 1. The highest BCUT2D eigenvalue weighted by Gasteiger charge is 2.20. The van der Waals surface area contributed by atoms with E-state index in [1.807, 2.05) is 18.4 Å². The van der Waals surface area contributed by atoms with Crippen LogP contribution < -0.4 is 0 Å². The second kappa shape index (κ2) is 8.51. The molecule has 0 fully saturated rings. The molecule has 0 aliphatic rings. The number of Topliss-reactive ketones (excluding diaryl/α,β-unsaturated/α-hetero) is 1. The molecule has 1 aromatic carbocycles. The second-order valence-corrected chi connectivity index (χ2v) is 6.93. The van der Waals surface area contributed by atoms with Crippen LogP contribution in [0.4, 0.5) is 0 Å². The van der Waals surface area contributed by atoms with Crippen LogP contribution in [0.1, 0.15) is 37.7 Å². The molecule has 0 atom stereocenters. The minimum atomic E-state index is -0.742. The number of aromatic nitrogens is 1. The number of rotatable bonds is 7. The number of carbonyl (C=O) groups excluding carboxylic acids is 2. The van der Waals surface area contributed by atoms with Crippen molar-refractivity contribution in [3.8, 4) is 5.75 Å². The first-order valence-electron chi connectivity index (χ1n) is 8.11. The average Bonchev–Trinajstić information content (AvgIpc) is 2.88. The van der Waals surface area contributed by atoms with E-state index in [4.69, 9.17) is 9.47 Å². The zero-order valence-corrected chi connectivity index (χ0v) is 16.8. The minimum absolute atomic E-state index is 0.0234. The van der Waals surface area contributed by atoms with E-state index in [-0.39, 0.29) is 17.1 Å². The Balaban J connectivity index is 2.11. The number of esters is 1. The largest absolute Gasteiger partial charge is 0.506 e. The Morgan fingerprint density at radius 1 is 1.15 bits per heavy atom. The highest BCUT2D eigenvalue weighted by molar-refractivity contribution is 9.10. The predicted octanol–water partition coefficient (Wildman–Crippen LogP) is 3.57. The molecule has 0 saturated heterocycles. The number of halogens is 1. The lowest BCUT2D eigenvalue weighted by atomic mass is 10.1. The third-order valence-electron chi connectivity index (χ3n) is 4.16. The monoisotopic (exact) mass is 423 g/mol. The van der Waals surface area contributed by atoms with Crippen LogP contribution in [0.3, 0.4) is 0 Å². The first-order valence-corrected chi connectivity index (χ1v) is 8.90. The smallest absolute Gasteiger partial charge is 0.342 e. The van der Waals surface area contributed by atoms with Gasteiger partial charge < -0.3 is 19.1 Å². The number of ether oxygens (including phenoxy) is 2. The van der Waals surface area contributed by atoms with Crippen LogP contribution in [0.5, 0.6) is 5.75 Å². The van der Waals surface area contributed by atoms with Gasteiger partial charge in [0.2, 0.25) is 5.78 Å². The zero-order chi connectivity index (χ0) is 19.4. The molecule has 140 valence electrons. The number of nitrogens with zero attached hydrogens (tertiary/aromatic N) is 1. The number of ketones is 1. The fourth-order valence-electron chi connectivity index (χ4n) is 2.79. The van der Waals surface area contributed by atoms with E-state index in [1.165, 1.54) is 6.07 Å². The van der Waals surface area contributed by atoms with Crippen LogP contribution in [0.2, 0.25) is 0 Å². The molecule has 1 N–H and O–H groups in total. The van der Waals surface area contributed by atoms with Crippen molar-refractivity contribution in [3.05, 3.63) is 50.8 Å². The van der Waals surface area contributed by atoms with Crippen molar-refractivity contribution < 1.29 is 24.2 Å². The Bertz CT molecular complexity index is 841. The molecule has 0 amide bonds. The number of phenolic OH excluding ortho intramolecular Hbond substituents is 1. The van der Waals surface area contributed by atoms with Gasteiger partial charge in [-0.2, -0.15) is 0 Å². The number of aromatic hydroxyl groups is 1. The van der Waals surface area contributed by atoms with Gasteiger partial charge in [-0.1, -0.05) is 0 Å². The molecule has 0 radical (unpaired) electrons. The van der Waals surface area contributed by atoms with Crippen molar-refractivity contribution in [3.63, 3.8) is 0 Å². The maximum absolute atomic E-state index is 12.5. The number of aryl methyl sites for hydroxylation is 2. The van der Waals surface area contributed by atoms with E-state index in [1.54, 1.807) is 26.2 Å². The Hall–Kier alpha value is -2.12. The fourth-order valence-corrected chi connectivity index (χ4v) is 3.36. The third-order valence-corrected chi connectivity index (χ3v) is 4.76. The maximum atomic E-state index is 12.5. The van der Waals surface area contributed by atoms with Crippen LogP contribution in [0.25, 0.3) is 0 Å². The van der Waals surface area contributed by atoms with Gasteiger partial charge in [0.25, 0.3) is 0 Å². The summed E-state index contributed by atoms with van der Waals surface area (Å²) in [5, 5.41) is 9.99. The topological polar surface area (TPSA) is 77.8 Å². The van der Waals surface area contributed by atoms with Gasteiger partial charge in [-0.15, -0.1) is 0 Å². The second-order valence-electron chi connectivity index (χ2n) is 6.07. The summed E-state index contributed by atoms with van der Waals surface area (Å²) in [4.78, 5) is 24.7. The quantitative estimate of drug-likeness (QED) is 0.543. The lowest BCUT2D eigenvalue weighted by Gasteiger charge is -2.10. The van der Waals surface area contributed by atoms with Crippen molar-refractivity contribution in [2.75, 3.05) is 20.3 Å². The average molecular weight is 424 g/mol. The van der Waals surface area contributed by atoms with Crippen molar-refractivity contribution in [1.82, 2.24) is 4.57 Å². The first kappa shape index (κ1) is 20.2. The van der Waals surface area contributed by atoms with E-state index in [0.29, 0.717) is 23.2 Å². The number of hydrogen-bond acceptors (Lipinski definition) is 5. The van der Waals surface area contributed by atoms with Crippen molar-refractivity contribution in [2.24, 2.45) is 0 Å². The van der Waals surface area contributed by atoms with E-state index < -0.39 is 12.6 Å². The summed E-state index contributed by atoms with van der Waals surface area (Å²) in [7, 11) is 1.62. The molecule has 1 aromatic heterocycles. The van der Waals surface area contributed by atoms with Crippen LogP contribution >= 0.6 is 15.9 Å². The molecular formula is C19H22BrNO5. The lowest BCUT2D eigenvalue weighted by Crippen LogP contribution is -2.16. The van der Waals surface area contributed by atoms with E-state index in [2.05, 4.69) is 15.9 Å². The molecule has 7 heteroatoms. The maximum Gasteiger partial charge on any atom is 0.342 e. The van der Waals surface area contributed by atoms with Crippen molar-refractivity contribution >= 4 is 27.7 Å². The van der Waals surface area contributed by atoms with Gasteiger partial charge >= 0.3 is 5.97 Å². The molecule has 0 saturated carbocycles. The Morgan fingerprint density at radius 3 is 2.50 bits per heavy atom. The molecule has 6 nitrogen and oxygen atoms in total. The van der Waals surface area contributed by atoms with Crippen molar-refractivity contribution in [2.45, 2.75) is 27.3 Å². The van der Waals surface area contributed by atoms with Crippen LogP contribution in [0, 0.1) is 20.8 Å². The summed E-state index contributed by atoms with van der Waals surface area (Å²) < 4.78 is 12.6. The van der Waals surface area contributed by atoms with Gasteiger partial charge in [-0.25, -0.2) is 4.79 Å². The number of carbonyl (C=O) groups is 2. The normalized spacial score (nSPS) is 10.8. The highest BCUT2D eigenvalue weighted by atomic mass is 79.9. The van der Waals surface area contributed by atoms with E-state index >= 15 is 0 Å². The summed E-state index contributed by atoms with van der Waals surface area (Å²) in [6.07, 6.45) is 0. The van der Waals surface area contributed by atoms with Crippen LogP contribution in [-0.2, 0) is 16.0 Å². The molecule has 0 spiro atoms. The molecule has 0 aliphatic heterocycles. The third kappa shape index (κ3) is 4.34. The first-order chi connectivity index (χ1) is 12.3. The summed E-state index contributed by atoms with van der Waals surface area (Å²) in [5.41, 5.74) is 3.07. The lowest BCUT2D eigenvalue weighted by molar-refractivity contribution is 0.0471. The summed E-state index contributed by atoms with van der Waals surface area (Å²) in [6.45, 7) is 6.35. The summed E-state index contributed by atoms with van der Waals surface area (Å²) >= 11 is 3.19. The predicted molar refractivity (Wildman–Crippen MR) is 101 cm³/mol. The van der Waals surface area contributed by atoms with Gasteiger partial charge in [0.15, 0.2) is 6.61 Å². The Kier molecular flexibility index (Phi) is 6.61. The molecule has 0 bridgehead atoms. The number of phenols is 1. The summed E-state index contributed by atoms with van der Waals surface area (Å²) in [6, 6.07) is 4.98. The van der Waals surface area contributed by atoms with Crippen LogP contribution in [0.15, 0.2) is 22.7 Å². The Morgan fingerprint density at radius 2 is 1.85 bits per heavy atom. The molecule has 0 unspecified atom stereocenters. The van der Waals surface area contributed by atoms with E-state index in [9.17, 15) is 14.7 Å². The van der Waals surface area contributed by atoms with Gasteiger partial charge in [-0.05, 0) is 60.5 Å². The van der Waals surface area contributed by atoms with E-state index in [0.717, 1.165) is 17.0 Å². The molecule has 2 rings (SSSR count). The standard InChI is InChI=1S/C19H22BrNO5/c1-11-7-15(18(23)16(20)8-11)19(24)26-10-17(22)14-9-12(2)21(13(14)3)5-6-25-4/h7-9,23H,5-6,10H2,1-4H3. The van der Waals surface area contributed by atoms with Gasteiger partial charge in [0.1, 0.15) is 11.3 Å².